The summed E-state index contributed by atoms with van der Waals surface area (Å²) in [6.07, 6.45) is 0. The highest BCUT2D eigenvalue weighted by molar-refractivity contribution is 8.00. The number of amides is 1. The number of carbonyl (C=O) groups excluding carboxylic acids is 1. The number of anilines is 3. The molecule has 0 heterocycles. The summed E-state index contributed by atoms with van der Waals surface area (Å²) in [6, 6.07) is 22.3. The van der Waals surface area contributed by atoms with Crippen molar-refractivity contribution in [3.8, 4) is 0 Å². The van der Waals surface area contributed by atoms with E-state index in [1.165, 1.54) is 11.8 Å². The van der Waals surface area contributed by atoms with E-state index in [4.69, 9.17) is 35.4 Å². The van der Waals surface area contributed by atoms with Crippen LogP contribution >= 0.6 is 47.2 Å². The summed E-state index contributed by atoms with van der Waals surface area (Å²) >= 11 is 18.7. The van der Waals surface area contributed by atoms with Gasteiger partial charge in [-0.1, -0.05) is 47.5 Å². The van der Waals surface area contributed by atoms with Crippen molar-refractivity contribution in [3.63, 3.8) is 0 Å². The van der Waals surface area contributed by atoms with Crippen molar-refractivity contribution >= 4 is 75.3 Å². The van der Waals surface area contributed by atoms with Crippen LogP contribution in [0.4, 0.5) is 17.1 Å². The lowest BCUT2D eigenvalue weighted by Crippen LogP contribution is -2.19. The second-order valence-electron chi connectivity index (χ2n) is 5.97. The van der Waals surface area contributed by atoms with Gasteiger partial charge in [0.15, 0.2) is 5.11 Å². The van der Waals surface area contributed by atoms with Crippen molar-refractivity contribution in [3.05, 3.63) is 82.8 Å². The van der Waals surface area contributed by atoms with Crippen molar-refractivity contribution in [1.29, 1.82) is 0 Å². The molecule has 0 fully saturated rings. The van der Waals surface area contributed by atoms with E-state index in [-0.39, 0.29) is 11.7 Å². The Morgan fingerprint density at radius 1 is 0.793 bits per heavy atom. The Balaban J connectivity index is 1.52. The highest BCUT2D eigenvalue weighted by Gasteiger charge is 2.07. The Labute approximate surface area is 189 Å². The monoisotopic (exact) mass is 461 g/mol. The fourth-order valence-corrected chi connectivity index (χ4v) is 3.97. The van der Waals surface area contributed by atoms with E-state index in [1.54, 1.807) is 18.2 Å². The Morgan fingerprint density at radius 2 is 1.45 bits per heavy atom. The quantitative estimate of drug-likeness (QED) is 0.287. The van der Waals surface area contributed by atoms with Crippen molar-refractivity contribution in [2.75, 3.05) is 21.7 Å². The Kier molecular flexibility index (Phi) is 7.77. The number of hydrogen-bond donors (Lipinski definition) is 3. The first-order chi connectivity index (χ1) is 14.0. The summed E-state index contributed by atoms with van der Waals surface area (Å²) in [5.41, 5.74) is 2.32. The second kappa shape index (κ2) is 10.5. The molecule has 0 aromatic heterocycles. The van der Waals surface area contributed by atoms with Crippen LogP contribution in [0.5, 0.6) is 0 Å². The van der Waals surface area contributed by atoms with Gasteiger partial charge in [-0.05, 0) is 60.7 Å². The van der Waals surface area contributed by atoms with Crippen molar-refractivity contribution in [2.45, 2.75) is 4.90 Å². The maximum atomic E-state index is 12.2. The zero-order valence-corrected chi connectivity index (χ0v) is 18.3. The SMILES string of the molecule is O=C(CSc1cccc(NC(=S)Nc2ccccc2)c1)Nc1cc(Cl)cc(Cl)c1. The lowest BCUT2D eigenvalue weighted by Gasteiger charge is -2.11. The molecule has 4 nitrogen and oxygen atoms in total. The molecule has 0 saturated carbocycles. The fourth-order valence-electron chi connectivity index (χ4n) is 2.45. The number of thioether (sulfide) groups is 1. The lowest BCUT2D eigenvalue weighted by molar-refractivity contribution is -0.113. The average Bonchev–Trinajstić information content (AvgIpc) is 2.66. The van der Waals surface area contributed by atoms with Crippen LogP contribution in [-0.4, -0.2) is 16.8 Å². The smallest absolute Gasteiger partial charge is 0.234 e. The lowest BCUT2D eigenvalue weighted by atomic mass is 10.3. The molecule has 0 bridgehead atoms. The van der Waals surface area contributed by atoms with Crippen LogP contribution in [0.3, 0.4) is 0 Å². The van der Waals surface area contributed by atoms with E-state index in [0.29, 0.717) is 20.8 Å². The third-order valence-electron chi connectivity index (χ3n) is 3.64. The number of nitrogens with one attached hydrogen (secondary N) is 3. The van der Waals surface area contributed by atoms with Gasteiger partial charge >= 0.3 is 0 Å². The Morgan fingerprint density at radius 3 is 2.17 bits per heavy atom. The summed E-state index contributed by atoms with van der Waals surface area (Å²) in [5, 5.41) is 10.5. The summed E-state index contributed by atoms with van der Waals surface area (Å²) < 4.78 is 0. The summed E-state index contributed by atoms with van der Waals surface area (Å²) in [5.74, 6) is 0.105. The van der Waals surface area contributed by atoms with Crippen LogP contribution in [0.25, 0.3) is 0 Å². The third kappa shape index (κ3) is 7.25. The molecule has 0 aliphatic heterocycles. The second-order valence-corrected chi connectivity index (χ2v) is 8.30. The molecule has 0 aliphatic rings. The number of thiocarbonyl (C=S) groups is 1. The van der Waals surface area contributed by atoms with Gasteiger partial charge in [-0.2, -0.15) is 0 Å². The Hall–Kier alpha value is -2.25. The van der Waals surface area contributed by atoms with Gasteiger partial charge in [0.25, 0.3) is 0 Å². The maximum Gasteiger partial charge on any atom is 0.234 e. The highest BCUT2D eigenvalue weighted by Crippen LogP contribution is 2.24. The van der Waals surface area contributed by atoms with Gasteiger partial charge in [0.2, 0.25) is 5.91 Å². The normalized spacial score (nSPS) is 10.3. The molecular weight excluding hydrogens is 445 g/mol. The number of hydrogen-bond acceptors (Lipinski definition) is 3. The van der Waals surface area contributed by atoms with Gasteiger partial charge in [-0.15, -0.1) is 11.8 Å². The van der Waals surface area contributed by atoms with Gasteiger partial charge in [-0.25, -0.2) is 0 Å². The van der Waals surface area contributed by atoms with Gasteiger partial charge in [0.1, 0.15) is 0 Å². The van der Waals surface area contributed by atoms with E-state index < -0.39 is 0 Å². The van der Waals surface area contributed by atoms with Crippen molar-refractivity contribution < 1.29 is 4.79 Å². The number of rotatable bonds is 6. The summed E-state index contributed by atoms with van der Waals surface area (Å²) in [6.45, 7) is 0. The van der Waals surface area contributed by atoms with Crippen LogP contribution in [0.1, 0.15) is 0 Å². The first kappa shape index (κ1) is 21.5. The van der Waals surface area contributed by atoms with Crippen LogP contribution in [0.2, 0.25) is 10.0 Å². The molecule has 0 atom stereocenters. The molecule has 1 amide bonds. The number of para-hydroxylation sites is 1. The molecule has 3 aromatic rings. The summed E-state index contributed by atoms with van der Waals surface area (Å²) in [7, 11) is 0. The number of halogens is 2. The minimum absolute atomic E-state index is 0.145. The van der Waals surface area contributed by atoms with E-state index in [0.717, 1.165) is 16.3 Å². The fraction of sp³-hybridized carbons (Fsp3) is 0.0476. The topological polar surface area (TPSA) is 53.2 Å². The molecule has 3 aromatic carbocycles. The van der Waals surface area contributed by atoms with Crippen LogP contribution in [0, 0.1) is 0 Å². The standard InChI is InChI=1S/C21H17Cl2N3OS2/c22-14-9-15(23)11-18(10-14)24-20(27)13-29-19-8-4-7-17(12-19)26-21(28)25-16-5-2-1-3-6-16/h1-12H,13H2,(H,24,27)(H2,25,26,28). The highest BCUT2D eigenvalue weighted by atomic mass is 35.5. The van der Waals surface area contributed by atoms with E-state index in [1.807, 2.05) is 54.6 Å². The Bertz CT molecular complexity index is 996. The molecule has 8 heteroatoms. The molecule has 0 spiro atoms. The van der Waals surface area contributed by atoms with E-state index >= 15 is 0 Å². The van der Waals surface area contributed by atoms with Crippen LogP contribution in [-0.2, 0) is 4.79 Å². The molecule has 0 radical (unpaired) electrons. The van der Waals surface area contributed by atoms with Crippen molar-refractivity contribution in [1.82, 2.24) is 0 Å². The predicted molar refractivity (Wildman–Crippen MR) is 129 cm³/mol. The van der Waals surface area contributed by atoms with Crippen LogP contribution < -0.4 is 16.0 Å². The molecule has 29 heavy (non-hydrogen) atoms. The van der Waals surface area contributed by atoms with Gasteiger partial charge in [0, 0.05) is 32.0 Å². The molecule has 3 rings (SSSR count). The molecular formula is C21H17Cl2N3OS2. The average molecular weight is 462 g/mol. The van der Waals surface area contributed by atoms with Gasteiger partial charge in [-0.3, -0.25) is 4.79 Å². The molecule has 0 saturated heterocycles. The first-order valence-corrected chi connectivity index (χ1v) is 10.7. The van der Waals surface area contributed by atoms with E-state index in [2.05, 4.69) is 16.0 Å². The largest absolute Gasteiger partial charge is 0.332 e. The first-order valence-electron chi connectivity index (χ1n) is 8.60. The van der Waals surface area contributed by atoms with Crippen LogP contribution in [0.15, 0.2) is 77.7 Å². The zero-order valence-electron chi connectivity index (χ0n) is 15.1. The number of carbonyl (C=O) groups is 1. The minimum atomic E-state index is -0.145. The van der Waals surface area contributed by atoms with Gasteiger partial charge < -0.3 is 16.0 Å². The maximum absolute atomic E-state index is 12.2. The summed E-state index contributed by atoms with van der Waals surface area (Å²) in [4.78, 5) is 13.2. The molecule has 0 aliphatic carbocycles. The van der Waals surface area contributed by atoms with Crippen molar-refractivity contribution in [2.24, 2.45) is 0 Å². The molecule has 148 valence electrons. The van der Waals surface area contributed by atoms with Gasteiger partial charge in [0.05, 0.1) is 5.75 Å². The zero-order chi connectivity index (χ0) is 20.6. The minimum Gasteiger partial charge on any atom is -0.332 e. The van der Waals surface area contributed by atoms with E-state index in [9.17, 15) is 4.79 Å². The molecule has 3 N–H and O–H groups in total. The predicted octanol–water partition coefficient (Wildman–Crippen LogP) is 6.53. The third-order valence-corrected chi connectivity index (χ3v) is 5.27. The molecule has 0 unspecified atom stereocenters. The number of benzene rings is 3.